The molecule has 0 saturated carbocycles. The van der Waals surface area contributed by atoms with Gasteiger partial charge in [-0.3, -0.25) is 14.5 Å². The molecule has 168 valence electrons. The van der Waals surface area contributed by atoms with Crippen LogP contribution in [0.3, 0.4) is 0 Å². The monoisotopic (exact) mass is 451 g/mol. The molecule has 32 heavy (non-hydrogen) atoms. The molecule has 4 rings (SSSR count). The van der Waals surface area contributed by atoms with Crippen LogP contribution in [0.25, 0.3) is 0 Å². The van der Waals surface area contributed by atoms with Crippen LogP contribution in [0.1, 0.15) is 46.3 Å². The topological polar surface area (TPSA) is 74.6 Å². The average Bonchev–Trinajstić information content (AvgIpc) is 3.55. The second-order valence-corrected chi connectivity index (χ2v) is 9.01. The summed E-state index contributed by atoms with van der Waals surface area (Å²) < 4.78 is 5.69. The Morgan fingerprint density at radius 3 is 2.50 bits per heavy atom. The van der Waals surface area contributed by atoms with Gasteiger partial charge in [-0.1, -0.05) is 42.8 Å². The number of thiophene rings is 1. The third kappa shape index (κ3) is 5.87. The molecule has 1 aliphatic rings. The lowest BCUT2D eigenvalue weighted by Crippen LogP contribution is -2.50. The van der Waals surface area contributed by atoms with Crippen LogP contribution in [0, 0.1) is 0 Å². The van der Waals surface area contributed by atoms with Crippen LogP contribution in [0.2, 0.25) is 0 Å². The van der Waals surface area contributed by atoms with Crippen molar-refractivity contribution in [2.75, 3.05) is 19.6 Å². The van der Waals surface area contributed by atoms with Crippen molar-refractivity contribution >= 4 is 23.2 Å². The maximum absolute atomic E-state index is 13.2. The maximum Gasteiger partial charge on any atom is 0.262 e. The molecule has 2 atom stereocenters. The Balaban J connectivity index is 1.45. The first-order valence-electron chi connectivity index (χ1n) is 11.1. The molecular formula is C25H29N3O3S. The SMILES string of the molecule is O=C(N[C@@H](Cc1ccccc1)C(=O)NCC(c1ccco1)N1CCCCC1)c1cccs1. The van der Waals surface area contributed by atoms with Gasteiger partial charge >= 0.3 is 0 Å². The molecule has 1 aromatic carbocycles. The van der Waals surface area contributed by atoms with E-state index in [1.54, 1.807) is 12.3 Å². The predicted octanol–water partition coefficient (Wildman–Crippen LogP) is 4.03. The Labute approximate surface area is 192 Å². The summed E-state index contributed by atoms with van der Waals surface area (Å²) in [6.07, 6.45) is 5.64. The van der Waals surface area contributed by atoms with Crippen molar-refractivity contribution in [2.45, 2.75) is 37.8 Å². The molecule has 2 aromatic heterocycles. The van der Waals surface area contributed by atoms with E-state index in [1.165, 1.54) is 17.8 Å². The number of nitrogens with zero attached hydrogens (tertiary/aromatic N) is 1. The lowest BCUT2D eigenvalue weighted by molar-refractivity contribution is -0.123. The Hall–Kier alpha value is -2.90. The number of amides is 2. The Morgan fingerprint density at radius 1 is 1.00 bits per heavy atom. The number of piperidine rings is 1. The van der Waals surface area contributed by atoms with Gasteiger partial charge in [-0.05, 0) is 55.1 Å². The van der Waals surface area contributed by atoms with Crippen molar-refractivity contribution in [1.82, 2.24) is 15.5 Å². The van der Waals surface area contributed by atoms with Gasteiger partial charge in [-0.15, -0.1) is 11.3 Å². The van der Waals surface area contributed by atoms with Gasteiger partial charge in [0.2, 0.25) is 5.91 Å². The van der Waals surface area contributed by atoms with Gasteiger partial charge in [0.1, 0.15) is 11.8 Å². The average molecular weight is 452 g/mol. The van der Waals surface area contributed by atoms with E-state index in [0.717, 1.165) is 37.3 Å². The van der Waals surface area contributed by atoms with Crippen LogP contribution < -0.4 is 10.6 Å². The van der Waals surface area contributed by atoms with E-state index in [1.807, 2.05) is 53.9 Å². The highest BCUT2D eigenvalue weighted by Gasteiger charge is 2.27. The highest BCUT2D eigenvalue weighted by molar-refractivity contribution is 7.12. The molecular weight excluding hydrogens is 422 g/mol. The van der Waals surface area contributed by atoms with Gasteiger partial charge in [0.25, 0.3) is 5.91 Å². The zero-order valence-corrected chi connectivity index (χ0v) is 18.9. The highest BCUT2D eigenvalue weighted by atomic mass is 32.1. The molecule has 0 bridgehead atoms. The summed E-state index contributed by atoms with van der Waals surface area (Å²) in [6.45, 7) is 2.42. The molecule has 6 nitrogen and oxygen atoms in total. The number of nitrogens with one attached hydrogen (secondary N) is 2. The van der Waals surface area contributed by atoms with E-state index in [-0.39, 0.29) is 17.9 Å². The van der Waals surface area contributed by atoms with Crippen molar-refractivity contribution in [3.8, 4) is 0 Å². The van der Waals surface area contributed by atoms with Crippen molar-refractivity contribution in [2.24, 2.45) is 0 Å². The number of likely N-dealkylation sites (tertiary alicyclic amines) is 1. The maximum atomic E-state index is 13.2. The van der Waals surface area contributed by atoms with Gasteiger partial charge in [-0.2, -0.15) is 0 Å². The van der Waals surface area contributed by atoms with E-state index in [0.29, 0.717) is 17.8 Å². The lowest BCUT2D eigenvalue weighted by atomic mass is 10.0. The molecule has 1 saturated heterocycles. The third-order valence-corrected chi connectivity index (χ3v) is 6.69. The summed E-state index contributed by atoms with van der Waals surface area (Å²) in [5.74, 6) is 0.441. The fourth-order valence-corrected chi connectivity index (χ4v) is 4.76. The first kappa shape index (κ1) is 22.3. The first-order chi connectivity index (χ1) is 15.7. The van der Waals surface area contributed by atoms with E-state index in [9.17, 15) is 9.59 Å². The smallest absolute Gasteiger partial charge is 0.262 e. The van der Waals surface area contributed by atoms with Gasteiger partial charge in [0.05, 0.1) is 17.2 Å². The summed E-state index contributed by atoms with van der Waals surface area (Å²) in [4.78, 5) is 28.9. The Bertz CT molecular complexity index is 967. The first-order valence-corrected chi connectivity index (χ1v) is 12.0. The summed E-state index contributed by atoms with van der Waals surface area (Å²) in [7, 11) is 0. The van der Waals surface area contributed by atoms with Crippen molar-refractivity contribution in [3.05, 3.63) is 82.4 Å². The zero-order chi connectivity index (χ0) is 22.2. The normalized spacial score (nSPS) is 16.2. The van der Waals surface area contributed by atoms with Crippen molar-refractivity contribution in [1.29, 1.82) is 0 Å². The van der Waals surface area contributed by atoms with Gasteiger partial charge < -0.3 is 15.1 Å². The van der Waals surface area contributed by atoms with Crippen LogP contribution in [0.5, 0.6) is 0 Å². The molecule has 1 unspecified atom stereocenters. The molecule has 0 radical (unpaired) electrons. The lowest BCUT2D eigenvalue weighted by Gasteiger charge is -2.33. The third-order valence-electron chi connectivity index (χ3n) is 5.82. The van der Waals surface area contributed by atoms with E-state index in [4.69, 9.17) is 4.42 Å². The summed E-state index contributed by atoms with van der Waals surface area (Å²) in [5.41, 5.74) is 0.998. The Morgan fingerprint density at radius 2 is 1.81 bits per heavy atom. The van der Waals surface area contributed by atoms with Crippen LogP contribution in [0.15, 0.2) is 70.7 Å². The zero-order valence-electron chi connectivity index (χ0n) is 18.0. The minimum Gasteiger partial charge on any atom is -0.468 e. The molecule has 2 N–H and O–H groups in total. The molecule has 1 aliphatic heterocycles. The Kier molecular flexibility index (Phi) is 7.74. The largest absolute Gasteiger partial charge is 0.468 e. The number of furan rings is 1. The molecule has 7 heteroatoms. The second kappa shape index (κ2) is 11.1. The molecule has 1 fully saturated rings. The fraction of sp³-hybridized carbons (Fsp3) is 0.360. The van der Waals surface area contributed by atoms with Crippen LogP contribution >= 0.6 is 11.3 Å². The number of carbonyl (C=O) groups excluding carboxylic acids is 2. The van der Waals surface area contributed by atoms with E-state index in [2.05, 4.69) is 15.5 Å². The van der Waals surface area contributed by atoms with Gasteiger partial charge in [-0.25, -0.2) is 0 Å². The summed E-state index contributed by atoms with van der Waals surface area (Å²) >= 11 is 1.36. The number of rotatable bonds is 9. The fourth-order valence-electron chi connectivity index (χ4n) is 4.14. The van der Waals surface area contributed by atoms with Crippen molar-refractivity contribution in [3.63, 3.8) is 0 Å². The molecule has 3 aromatic rings. The van der Waals surface area contributed by atoms with Crippen LogP contribution in [0.4, 0.5) is 0 Å². The van der Waals surface area contributed by atoms with E-state index < -0.39 is 6.04 Å². The summed E-state index contributed by atoms with van der Waals surface area (Å²) in [5, 5.41) is 7.87. The second-order valence-electron chi connectivity index (χ2n) is 8.07. The number of hydrogen-bond donors (Lipinski definition) is 2. The molecule has 3 heterocycles. The van der Waals surface area contributed by atoms with Gasteiger partial charge in [0.15, 0.2) is 0 Å². The molecule has 0 aliphatic carbocycles. The van der Waals surface area contributed by atoms with Gasteiger partial charge in [0, 0.05) is 13.0 Å². The number of benzene rings is 1. The van der Waals surface area contributed by atoms with E-state index >= 15 is 0 Å². The molecule has 0 spiro atoms. The minimum atomic E-state index is -0.661. The quantitative estimate of drug-likeness (QED) is 0.515. The number of carbonyl (C=O) groups is 2. The number of hydrogen-bond acceptors (Lipinski definition) is 5. The van der Waals surface area contributed by atoms with Crippen LogP contribution in [-0.4, -0.2) is 42.4 Å². The minimum absolute atomic E-state index is 0.0142. The van der Waals surface area contributed by atoms with Crippen LogP contribution in [-0.2, 0) is 11.2 Å². The summed E-state index contributed by atoms with van der Waals surface area (Å²) in [6, 6.07) is 16.5. The van der Waals surface area contributed by atoms with Crippen molar-refractivity contribution < 1.29 is 14.0 Å². The predicted molar refractivity (Wildman–Crippen MR) is 126 cm³/mol. The molecule has 2 amide bonds. The standard InChI is InChI=1S/C25H29N3O3S/c29-24(26-18-21(22-11-7-15-31-22)28-13-5-2-6-14-28)20(17-19-9-3-1-4-10-19)27-25(30)23-12-8-16-32-23/h1,3-4,7-12,15-16,20-21H,2,5-6,13-14,17-18H2,(H,26,29)(H,27,30)/t20-,21?/m0/s1. The highest BCUT2D eigenvalue weighted by Crippen LogP contribution is 2.24.